The molecule has 0 fully saturated rings. The molecule has 0 saturated carbocycles. The molecule has 3 rings (SSSR count). The normalized spacial score (nSPS) is 11.7. The summed E-state index contributed by atoms with van der Waals surface area (Å²) < 4.78 is 0. The summed E-state index contributed by atoms with van der Waals surface area (Å²) in [6.45, 7) is 10.4. The van der Waals surface area contributed by atoms with Gasteiger partial charge in [0.15, 0.2) is 0 Å². The quantitative estimate of drug-likeness (QED) is 0.552. The fourth-order valence-corrected chi connectivity index (χ4v) is 3.85. The summed E-state index contributed by atoms with van der Waals surface area (Å²) in [6.07, 6.45) is 4.74. The van der Waals surface area contributed by atoms with Crippen LogP contribution in [0.15, 0.2) is 36.5 Å². The number of carbonyl (C=O) groups is 1. The van der Waals surface area contributed by atoms with Crippen LogP contribution in [0.1, 0.15) is 63.6 Å². The molecule has 27 heavy (non-hydrogen) atoms. The standard InChI is InChI=1S/C23H29N3O/c1-6-7-11-20-21-18(17-10-8-9-12-19(17)25-20)13-14-24-22(21)23(27)26(15(2)3)16(4)5/h8-10,12-16H,6-7,11H2,1-5H3. The third-order valence-electron chi connectivity index (χ3n) is 5.01. The number of rotatable bonds is 6. The van der Waals surface area contributed by atoms with Gasteiger partial charge in [0.05, 0.1) is 11.2 Å². The zero-order chi connectivity index (χ0) is 19.6. The lowest BCUT2D eigenvalue weighted by molar-refractivity contribution is 0.0640. The van der Waals surface area contributed by atoms with Gasteiger partial charge in [-0.05, 0) is 58.1 Å². The number of hydrogen-bond acceptors (Lipinski definition) is 3. The number of amides is 1. The molecule has 0 radical (unpaired) electrons. The first-order valence-electron chi connectivity index (χ1n) is 9.94. The molecule has 142 valence electrons. The van der Waals surface area contributed by atoms with E-state index in [2.05, 4.69) is 45.7 Å². The summed E-state index contributed by atoms with van der Waals surface area (Å²) in [5.74, 6) is -0.0135. The van der Waals surface area contributed by atoms with Crippen LogP contribution < -0.4 is 0 Å². The number of fused-ring (bicyclic) bond motifs is 3. The summed E-state index contributed by atoms with van der Waals surface area (Å²) in [5, 5.41) is 3.06. The largest absolute Gasteiger partial charge is 0.332 e. The lowest BCUT2D eigenvalue weighted by Gasteiger charge is -2.31. The van der Waals surface area contributed by atoms with Gasteiger partial charge in [-0.3, -0.25) is 14.8 Å². The maximum Gasteiger partial charge on any atom is 0.273 e. The molecule has 0 atom stereocenters. The average Bonchev–Trinajstić information content (AvgIpc) is 2.65. The molecular formula is C23H29N3O. The van der Waals surface area contributed by atoms with Gasteiger partial charge in [0, 0.05) is 29.1 Å². The van der Waals surface area contributed by atoms with Crippen molar-refractivity contribution < 1.29 is 4.79 Å². The number of aryl methyl sites for hydroxylation is 1. The Balaban J connectivity index is 2.30. The van der Waals surface area contributed by atoms with Gasteiger partial charge in [-0.25, -0.2) is 0 Å². The molecule has 1 aromatic carbocycles. The van der Waals surface area contributed by atoms with Crippen molar-refractivity contribution in [3.8, 4) is 0 Å². The second-order valence-electron chi connectivity index (χ2n) is 7.66. The highest BCUT2D eigenvalue weighted by molar-refractivity contribution is 6.14. The van der Waals surface area contributed by atoms with E-state index in [0.29, 0.717) is 5.69 Å². The lowest BCUT2D eigenvalue weighted by atomic mass is 9.99. The fourth-order valence-electron chi connectivity index (χ4n) is 3.85. The van der Waals surface area contributed by atoms with Crippen LogP contribution in [0, 0.1) is 0 Å². The molecule has 0 N–H and O–H groups in total. The van der Waals surface area contributed by atoms with Crippen molar-refractivity contribution in [3.05, 3.63) is 47.9 Å². The minimum absolute atomic E-state index is 0.0135. The minimum atomic E-state index is -0.0135. The highest BCUT2D eigenvalue weighted by Gasteiger charge is 2.26. The van der Waals surface area contributed by atoms with Crippen LogP contribution in [0.2, 0.25) is 0 Å². The van der Waals surface area contributed by atoms with Crippen molar-refractivity contribution in [3.63, 3.8) is 0 Å². The molecule has 4 nitrogen and oxygen atoms in total. The third kappa shape index (κ3) is 3.66. The lowest BCUT2D eigenvalue weighted by Crippen LogP contribution is -2.42. The summed E-state index contributed by atoms with van der Waals surface area (Å²) in [7, 11) is 0. The summed E-state index contributed by atoms with van der Waals surface area (Å²) >= 11 is 0. The Kier molecular flexibility index (Phi) is 5.73. The van der Waals surface area contributed by atoms with Gasteiger partial charge in [0.1, 0.15) is 5.69 Å². The molecule has 0 bridgehead atoms. The Bertz CT molecular complexity index is 954. The Labute approximate surface area is 161 Å². The van der Waals surface area contributed by atoms with Crippen LogP contribution >= 0.6 is 0 Å². The average molecular weight is 364 g/mol. The van der Waals surface area contributed by atoms with Crippen molar-refractivity contribution >= 4 is 27.6 Å². The number of benzene rings is 1. The topological polar surface area (TPSA) is 46.1 Å². The molecule has 0 aliphatic carbocycles. The number of unbranched alkanes of at least 4 members (excludes halogenated alkanes) is 1. The summed E-state index contributed by atoms with van der Waals surface area (Å²) in [4.78, 5) is 24.8. The molecular weight excluding hydrogens is 334 g/mol. The monoisotopic (exact) mass is 363 g/mol. The second-order valence-corrected chi connectivity index (χ2v) is 7.66. The molecule has 2 heterocycles. The van der Waals surface area contributed by atoms with Gasteiger partial charge in [0.25, 0.3) is 5.91 Å². The Morgan fingerprint density at radius 3 is 2.41 bits per heavy atom. The van der Waals surface area contributed by atoms with Crippen LogP contribution in [0.4, 0.5) is 0 Å². The summed E-state index contributed by atoms with van der Waals surface area (Å²) in [5.41, 5.74) is 2.49. The SMILES string of the molecule is CCCCc1nc2ccccc2c2ccnc(C(=O)N(C(C)C)C(C)C)c12. The van der Waals surface area contributed by atoms with Gasteiger partial charge < -0.3 is 4.90 Å². The number of carbonyl (C=O) groups excluding carboxylic acids is 1. The van der Waals surface area contributed by atoms with E-state index in [4.69, 9.17) is 4.98 Å². The molecule has 4 heteroatoms. The van der Waals surface area contributed by atoms with Crippen LogP contribution in [0.25, 0.3) is 21.7 Å². The van der Waals surface area contributed by atoms with Crippen LogP contribution in [0.3, 0.4) is 0 Å². The molecule has 3 aromatic rings. The van der Waals surface area contributed by atoms with Gasteiger partial charge in [0.2, 0.25) is 0 Å². The highest BCUT2D eigenvalue weighted by atomic mass is 16.2. The van der Waals surface area contributed by atoms with Crippen molar-refractivity contribution in [1.82, 2.24) is 14.9 Å². The van der Waals surface area contributed by atoms with Gasteiger partial charge >= 0.3 is 0 Å². The zero-order valence-electron chi connectivity index (χ0n) is 17.0. The highest BCUT2D eigenvalue weighted by Crippen LogP contribution is 2.30. The number of aromatic nitrogens is 2. The first-order valence-corrected chi connectivity index (χ1v) is 9.94. The van der Waals surface area contributed by atoms with E-state index in [-0.39, 0.29) is 18.0 Å². The molecule has 0 saturated heterocycles. The van der Waals surface area contributed by atoms with E-state index in [1.165, 1.54) is 0 Å². The van der Waals surface area contributed by atoms with Crippen LogP contribution in [-0.2, 0) is 6.42 Å². The van der Waals surface area contributed by atoms with E-state index in [9.17, 15) is 4.79 Å². The molecule has 1 amide bonds. The van der Waals surface area contributed by atoms with Crippen molar-refractivity contribution in [2.45, 2.75) is 66.0 Å². The zero-order valence-corrected chi connectivity index (χ0v) is 17.0. The molecule has 0 aliphatic rings. The molecule has 0 unspecified atom stereocenters. The number of para-hydroxylation sites is 1. The maximum absolute atomic E-state index is 13.4. The third-order valence-corrected chi connectivity index (χ3v) is 5.01. The van der Waals surface area contributed by atoms with Gasteiger partial charge in [-0.2, -0.15) is 0 Å². The molecule has 2 aromatic heterocycles. The van der Waals surface area contributed by atoms with E-state index in [1.807, 2.05) is 29.2 Å². The maximum atomic E-state index is 13.4. The van der Waals surface area contributed by atoms with E-state index >= 15 is 0 Å². The van der Waals surface area contributed by atoms with E-state index in [1.54, 1.807) is 6.20 Å². The van der Waals surface area contributed by atoms with Crippen LogP contribution in [0.5, 0.6) is 0 Å². The first-order chi connectivity index (χ1) is 13.0. The number of pyridine rings is 2. The minimum Gasteiger partial charge on any atom is -0.332 e. The Hall–Kier alpha value is -2.49. The fraction of sp³-hybridized carbons (Fsp3) is 0.435. The first kappa shape index (κ1) is 19.3. The smallest absolute Gasteiger partial charge is 0.273 e. The van der Waals surface area contributed by atoms with Crippen molar-refractivity contribution in [1.29, 1.82) is 0 Å². The Morgan fingerprint density at radius 2 is 1.74 bits per heavy atom. The Morgan fingerprint density at radius 1 is 1.04 bits per heavy atom. The molecule has 0 aliphatic heterocycles. The van der Waals surface area contributed by atoms with E-state index < -0.39 is 0 Å². The van der Waals surface area contributed by atoms with Crippen LogP contribution in [-0.4, -0.2) is 32.9 Å². The van der Waals surface area contributed by atoms with E-state index in [0.717, 1.165) is 46.6 Å². The predicted octanol–water partition coefficient (Wildman–Crippen LogP) is 5.38. The number of hydrogen-bond donors (Lipinski definition) is 0. The van der Waals surface area contributed by atoms with Crippen molar-refractivity contribution in [2.75, 3.05) is 0 Å². The number of nitrogens with zero attached hydrogens (tertiary/aromatic N) is 3. The molecule has 0 spiro atoms. The van der Waals surface area contributed by atoms with Gasteiger partial charge in [-0.1, -0.05) is 31.5 Å². The second kappa shape index (κ2) is 8.03. The van der Waals surface area contributed by atoms with Gasteiger partial charge in [-0.15, -0.1) is 0 Å². The van der Waals surface area contributed by atoms with Crippen molar-refractivity contribution in [2.24, 2.45) is 0 Å². The summed E-state index contributed by atoms with van der Waals surface area (Å²) in [6, 6.07) is 10.4. The predicted molar refractivity (Wildman–Crippen MR) is 112 cm³/mol.